The number of thiazole rings is 1. The van der Waals surface area contributed by atoms with Crippen molar-refractivity contribution in [3.8, 4) is 16.3 Å². The van der Waals surface area contributed by atoms with Crippen molar-refractivity contribution in [1.82, 2.24) is 9.97 Å². The monoisotopic (exact) mass is 491 g/mol. The van der Waals surface area contributed by atoms with Gasteiger partial charge < -0.3 is 14.7 Å². The molecule has 1 aliphatic heterocycles. The van der Waals surface area contributed by atoms with Crippen LogP contribution < -0.4 is 9.64 Å². The van der Waals surface area contributed by atoms with E-state index in [1.165, 1.54) is 29.7 Å². The zero-order chi connectivity index (χ0) is 24.3. The molecule has 10 heteroatoms. The maximum absolute atomic E-state index is 12.9. The molecule has 34 heavy (non-hydrogen) atoms. The zero-order valence-corrected chi connectivity index (χ0v) is 19.4. The van der Waals surface area contributed by atoms with Gasteiger partial charge >= 0.3 is 12.1 Å². The third-order valence-corrected chi connectivity index (χ3v) is 6.70. The van der Waals surface area contributed by atoms with Crippen LogP contribution in [0.4, 0.5) is 19.0 Å². The fourth-order valence-corrected chi connectivity index (χ4v) is 4.96. The van der Waals surface area contributed by atoms with Crippen LogP contribution in [0.1, 0.15) is 41.5 Å². The maximum Gasteiger partial charge on any atom is 0.416 e. The summed E-state index contributed by atoms with van der Waals surface area (Å²) in [6, 6.07) is 6.95. The standard InChI is InChI=1S/C24H24F3N3O3S/c1-2-3-4-19-20(34-23(29-19)15-5-7-17(8-6-15)24(25,26)27)13-30-10-9-16-11-18(12-28-22(16)30)33-14-21(31)32/h5-8,11-12H,2-4,9-10,13-14H2,1H3,(H,31,32). The van der Waals surface area contributed by atoms with Gasteiger partial charge in [-0.3, -0.25) is 0 Å². The Morgan fingerprint density at radius 3 is 2.71 bits per heavy atom. The van der Waals surface area contributed by atoms with E-state index in [0.717, 1.165) is 66.3 Å². The molecule has 1 aliphatic rings. The minimum atomic E-state index is -4.37. The van der Waals surface area contributed by atoms with Crippen molar-refractivity contribution < 1.29 is 27.8 Å². The van der Waals surface area contributed by atoms with Crippen LogP contribution in [-0.2, 0) is 30.4 Å². The Kier molecular flexibility index (Phi) is 7.06. The number of fused-ring (bicyclic) bond motifs is 1. The quantitative estimate of drug-likeness (QED) is 0.420. The molecule has 0 amide bonds. The molecular weight excluding hydrogens is 467 g/mol. The summed E-state index contributed by atoms with van der Waals surface area (Å²) in [5, 5.41) is 9.50. The number of alkyl halides is 3. The summed E-state index contributed by atoms with van der Waals surface area (Å²) >= 11 is 1.50. The van der Waals surface area contributed by atoms with Crippen LogP contribution in [0.3, 0.4) is 0 Å². The highest BCUT2D eigenvalue weighted by Gasteiger charge is 2.30. The van der Waals surface area contributed by atoms with E-state index in [1.54, 1.807) is 0 Å². The molecule has 6 nitrogen and oxygen atoms in total. The average molecular weight is 492 g/mol. The Morgan fingerprint density at radius 1 is 1.26 bits per heavy atom. The number of hydrogen-bond acceptors (Lipinski definition) is 6. The first-order valence-corrected chi connectivity index (χ1v) is 11.8. The number of hydrogen-bond donors (Lipinski definition) is 1. The molecule has 0 aliphatic carbocycles. The fourth-order valence-electron chi connectivity index (χ4n) is 3.83. The highest BCUT2D eigenvalue weighted by molar-refractivity contribution is 7.15. The number of aliphatic carboxylic acids is 1. The lowest BCUT2D eigenvalue weighted by Crippen LogP contribution is -2.20. The van der Waals surface area contributed by atoms with Crippen molar-refractivity contribution in [3.05, 3.63) is 58.2 Å². The largest absolute Gasteiger partial charge is 0.480 e. The molecule has 2 aromatic heterocycles. The lowest BCUT2D eigenvalue weighted by atomic mass is 10.1. The molecule has 3 heterocycles. The van der Waals surface area contributed by atoms with Crippen LogP contribution in [0.25, 0.3) is 10.6 Å². The maximum atomic E-state index is 12.9. The van der Waals surface area contributed by atoms with Crippen molar-refractivity contribution in [3.63, 3.8) is 0 Å². The Labute approximate surface area is 199 Å². The third kappa shape index (κ3) is 5.49. The predicted octanol–water partition coefficient (Wildman–Crippen LogP) is 5.59. The molecule has 0 radical (unpaired) electrons. The third-order valence-electron chi connectivity index (χ3n) is 5.57. The van der Waals surface area contributed by atoms with Gasteiger partial charge in [-0.05, 0) is 37.5 Å². The number of pyridine rings is 1. The van der Waals surface area contributed by atoms with Gasteiger partial charge in [0.1, 0.15) is 16.6 Å². The number of nitrogens with zero attached hydrogens (tertiary/aromatic N) is 3. The van der Waals surface area contributed by atoms with Gasteiger partial charge in [0.25, 0.3) is 0 Å². The van der Waals surface area contributed by atoms with E-state index in [9.17, 15) is 18.0 Å². The second-order valence-corrected chi connectivity index (χ2v) is 9.16. The number of benzene rings is 1. The number of ether oxygens (including phenoxy) is 1. The molecule has 0 bridgehead atoms. The highest BCUT2D eigenvalue weighted by atomic mass is 32.1. The number of anilines is 1. The summed E-state index contributed by atoms with van der Waals surface area (Å²) in [5.41, 5.74) is 1.95. The highest BCUT2D eigenvalue weighted by Crippen LogP contribution is 2.36. The minimum absolute atomic E-state index is 0.418. The normalized spacial score (nSPS) is 13.2. The minimum Gasteiger partial charge on any atom is -0.480 e. The van der Waals surface area contributed by atoms with Crippen LogP contribution in [0.15, 0.2) is 36.5 Å². The molecular formula is C24H24F3N3O3S. The number of carboxylic acid groups (broad SMARTS) is 1. The van der Waals surface area contributed by atoms with E-state index in [0.29, 0.717) is 22.9 Å². The van der Waals surface area contributed by atoms with Gasteiger partial charge in [-0.25, -0.2) is 14.8 Å². The Morgan fingerprint density at radius 2 is 2.03 bits per heavy atom. The van der Waals surface area contributed by atoms with E-state index in [-0.39, 0.29) is 0 Å². The lowest BCUT2D eigenvalue weighted by molar-refractivity contribution is -0.139. The van der Waals surface area contributed by atoms with E-state index in [4.69, 9.17) is 14.8 Å². The number of carboxylic acids is 1. The molecule has 0 saturated heterocycles. The Bertz CT molecular complexity index is 1160. The molecule has 1 aromatic carbocycles. The molecule has 0 unspecified atom stereocenters. The molecule has 3 aromatic rings. The molecule has 4 rings (SSSR count). The zero-order valence-electron chi connectivity index (χ0n) is 18.6. The average Bonchev–Trinajstić information content (AvgIpc) is 3.40. The smallest absolute Gasteiger partial charge is 0.416 e. The van der Waals surface area contributed by atoms with Gasteiger partial charge in [0, 0.05) is 22.5 Å². The number of unbranched alkanes of at least 4 members (excludes halogenated alkanes) is 1. The van der Waals surface area contributed by atoms with Crippen molar-refractivity contribution >= 4 is 23.1 Å². The predicted molar refractivity (Wildman–Crippen MR) is 123 cm³/mol. The van der Waals surface area contributed by atoms with Gasteiger partial charge in [-0.2, -0.15) is 13.2 Å². The van der Waals surface area contributed by atoms with Gasteiger partial charge in [-0.15, -0.1) is 11.3 Å². The fraction of sp³-hybridized carbons (Fsp3) is 0.375. The van der Waals surface area contributed by atoms with E-state index in [2.05, 4.69) is 16.8 Å². The number of carbonyl (C=O) groups is 1. The summed E-state index contributed by atoms with van der Waals surface area (Å²) in [6.07, 6.45) is 0.717. The van der Waals surface area contributed by atoms with Crippen molar-refractivity contribution in [2.75, 3.05) is 18.1 Å². The summed E-state index contributed by atoms with van der Waals surface area (Å²) in [5.74, 6) is 0.207. The molecule has 0 fully saturated rings. The second kappa shape index (κ2) is 10.0. The van der Waals surface area contributed by atoms with Crippen molar-refractivity contribution in [2.24, 2.45) is 0 Å². The summed E-state index contributed by atoms with van der Waals surface area (Å²) in [4.78, 5) is 23.2. The van der Waals surface area contributed by atoms with Gasteiger partial charge in [0.15, 0.2) is 6.61 Å². The molecule has 0 spiro atoms. The van der Waals surface area contributed by atoms with Crippen LogP contribution in [0.5, 0.6) is 5.75 Å². The number of rotatable bonds is 9. The van der Waals surface area contributed by atoms with E-state index < -0.39 is 24.3 Å². The SMILES string of the molecule is CCCCc1nc(-c2ccc(C(F)(F)F)cc2)sc1CN1CCc2cc(OCC(=O)O)cnc21. The molecule has 180 valence electrons. The van der Waals surface area contributed by atoms with Crippen molar-refractivity contribution in [1.29, 1.82) is 0 Å². The topological polar surface area (TPSA) is 75.6 Å². The van der Waals surface area contributed by atoms with Gasteiger partial charge in [-0.1, -0.05) is 25.5 Å². The summed E-state index contributed by atoms with van der Waals surface area (Å²) in [6.45, 7) is 3.05. The second-order valence-electron chi connectivity index (χ2n) is 8.08. The van der Waals surface area contributed by atoms with Crippen LogP contribution in [0, 0.1) is 0 Å². The van der Waals surface area contributed by atoms with Gasteiger partial charge in [0.05, 0.1) is 24.0 Å². The molecule has 0 atom stereocenters. The Hall–Kier alpha value is -3.14. The first-order valence-electron chi connectivity index (χ1n) is 11.0. The molecule has 0 saturated carbocycles. The Balaban J connectivity index is 1.55. The van der Waals surface area contributed by atoms with E-state index in [1.807, 2.05) is 6.07 Å². The van der Waals surface area contributed by atoms with Crippen LogP contribution in [-0.4, -0.2) is 34.2 Å². The van der Waals surface area contributed by atoms with Crippen LogP contribution >= 0.6 is 11.3 Å². The van der Waals surface area contributed by atoms with Gasteiger partial charge in [0.2, 0.25) is 0 Å². The number of aryl methyl sites for hydroxylation is 1. The lowest BCUT2D eigenvalue weighted by Gasteiger charge is -2.18. The van der Waals surface area contributed by atoms with Crippen LogP contribution in [0.2, 0.25) is 0 Å². The first-order chi connectivity index (χ1) is 16.2. The van der Waals surface area contributed by atoms with E-state index >= 15 is 0 Å². The number of halogens is 3. The van der Waals surface area contributed by atoms with Crippen molar-refractivity contribution in [2.45, 2.75) is 45.3 Å². The summed E-state index contributed by atoms with van der Waals surface area (Å²) in [7, 11) is 0. The number of aromatic nitrogens is 2. The summed E-state index contributed by atoms with van der Waals surface area (Å²) < 4.78 is 44.0. The first kappa shape index (κ1) is 24.0. The molecule has 1 N–H and O–H groups in total.